The number of amides is 2. The van der Waals surface area contributed by atoms with Crippen LogP contribution in [0.4, 0.5) is 10.5 Å². The van der Waals surface area contributed by atoms with E-state index in [1.165, 1.54) is 5.69 Å². The van der Waals surface area contributed by atoms with Crippen LogP contribution in [0.3, 0.4) is 0 Å². The normalized spacial score (nSPS) is 13.1. The SMILES string of the molecule is CC(C)(N)CCNC(=O)Nc1ccc2c(-c3c(-c4ccccn4)nn4c3CCC4)ccnc2c1. The number of nitrogens with one attached hydrogen (secondary N) is 2. The van der Waals surface area contributed by atoms with Crippen molar-refractivity contribution in [1.82, 2.24) is 25.1 Å². The molecule has 0 unspecified atom stereocenters. The summed E-state index contributed by atoms with van der Waals surface area (Å²) in [7, 11) is 0. The summed E-state index contributed by atoms with van der Waals surface area (Å²) in [5.41, 5.74) is 12.3. The van der Waals surface area contributed by atoms with Gasteiger partial charge in [-0.05, 0) is 69.0 Å². The lowest BCUT2D eigenvalue weighted by molar-refractivity contribution is 0.251. The van der Waals surface area contributed by atoms with Gasteiger partial charge in [0.15, 0.2) is 0 Å². The third kappa shape index (κ3) is 4.49. The van der Waals surface area contributed by atoms with Crippen LogP contribution in [0.25, 0.3) is 33.4 Å². The fourth-order valence-electron chi connectivity index (χ4n) is 4.41. The van der Waals surface area contributed by atoms with Crippen LogP contribution in [0.1, 0.15) is 32.4 Å². The molecule has 34 heavy (non-hydrogen) atoms. The number of rotatable bonds is 6. The number of aromatic nitrogens is 4. The highest BCUT2D eigenvalue weighted by molar-refractivity contribution is 6.01. The van der Waals surface area contributed by atoms with E-state index in [0.717, 1.165) is 52.8 Å². The average Bonchev–Trinajstić information content (AvgIpc) is 3.40. The smallest absolute Gasteiger partial charge is 0.319 e. The van der Waals surface area contributed by atoms with Crippen molar-refractivity contribution >= 4 is 22.6 Å². The van der Waals surface area contributed by atoms with E-state index in [4.69, 9.17) is 10.8 Å². The highest BCUT2D eigenvalue weighted by Gasteiger charge is 2.25. The maximum atomic E-state index is 12.3. The molecular weight excluding hydrogens is 426 g/mol. The van der Waals surface area contributed by atoms with Crippen LogP contribution in [-0.4, -0.2) is 37.9 Å². The van der Waals surface area contributed by atoms with Gasteiger partial charge in [0.2, 0.25) is 0 Å². The van der Waals surface area contributed by atoms with E-state index in [-0.39, 0.29) is 11.6 Å². The molecular formula is C26H29N7O. The minimum atomic E-state index is -0.321. The Morgan fingerprint density at radius 3 is 2.82 bits per heavy atom. The fraction of sp³-hybridized carbons (Fsp3) is 0.308. The lowest BCUT2D eigenvalue weighted by atomic mass is 9.96. The number of pyridine rings is 2. The van der Waals surface area contributed by atoms with E-state index >= 15 is 0 Å². The van der Waals surface area contributed by atoms with Crippen LogP contribution in [0.2, 0.25) is 0 Å². The van der Waals surface area contributed by atoms with Crippen molar-refractivity contribution in [3.05, 3.63) is 60.6 Å². The molecule has 0 fully saturated rings. The Kier molecular flexibility index (Phi) is 5.75. The van der Waals surface area contributed by atoms with Gasteiger partial charge in [-0.25, -0.2) is 4.79 Å². The van der Waals surface area contributed by atoms with Crippen LogP contribution in [-0.2, 0) is 13.0 Å². The first-order valence-corrected chi connectivity index (χ1v) is 11.6. The molecule has 8 heteroatoms. The number of hydrogen-bond donors (Lipinski definition) is 3. The zero-order valence-corrected chi connectivity index (χ0v) is 19.5. The molecule has 0 bridgehead atoms. The quantitative estimate of drug-likeness (QED) is 0.400. The number of fused-ring (bicyclic) bond motifs is 2. The molecule has 0 saturated heterocycles. The monoisotopic (exact) mass is 455 g/mol. The van der Waals surface area contributed by atoms with E-state index in [1.807, 2.05) is 62.5 Å². The Morgan fingerprint density at radius 2 is 2.03 bits per heavy atom. The Hall–Kier alpha value is -3.78. The molecule has 3 aromatic heterocycles. The molecule has 1 aliphatic rings. The van der Waals surface area contributed by atoms with Crippen molar-refractivity contribution in [2.45, 2.75) is 45.2 Å². The molecule has 0 atom stereocenters. The van der Waals surface area contributed by atoms with Crippen molar-refractivity contribution in [3.8, 4) is 22.5 Å². The number of urea groups is 1. The van der Waals surface area contributed by atoms with E-state index in [2.05, 4.69) is 25.3 Å². The van der Waals surface area contributed by atoms with Gasteiger partial charge in [0.05, 0.1) is 11.2 Å². The third-order valence-corrected chi connectivity index (χ3v) is 6.07. The number of anilines is 1. The number of benzene rings is 1. The predicted molar refractivity (Wildman–Crippen MR) is 134 cm³/mol. The Bertz CT molecular complexity index is 1340. The first-order chi connectivity index (χ1) is 16.4. The van der Waals surface area contributed by atoms with Crippen LogP contribution in [0.15, 0.2) is 54.9 Å². The van der Waals surface area contributed by atoms with E-state index in [0.29, 0.717) is 18.7 Å². The number of hydrogen-bond acceptors (Lipinski definition) is 5. The minimum absolute atomic E-state index is 0.258. The lowest BCUT2D eigenvalue weighted by Gasteiger charge is -2.18. The average molecular weight is 456 g/mol. The summed E-state index contributed by atoms with van der Waals surface area (Å²) in [5.74, 6) is 0. The molecule has 4 heterocycles. The molecule has 174 valence electrons. The number of carbonyl (C=O) groups is 1. The van der Waals surface area contributed by atoms with E-state index in [9.17, 15) is 4.79 Å². The molecule has 4 aromatic rings. The van der Waals surface area contributed by atoms with Gasteiger partial charge >= 0.3 is 6.03 Å². The summed E-state index contributed by atoms with van der Waals surface area (Å²) in [6.45, 7) is 5.31. The van der Waals surface area contributed by atoms with Gasteiger partial charge in [-0.1, -0.05) is 12.1 Å². The van der Waals surface area contributed by atoms with Crippen molar-refractivity contribution < 1.29 is 4.79 Å². The molecule has 2 amide bonds. The number of nitrogens with zero attached hydrogens (tertiary/aromatic N) is 4. The van der Waals surface area contributed by atoms with Gasteiger partial charge in [0, 0.05) is 53.4 Å². The van der Waals surface area contributed by atoms with Crippen LogP contribution in [0.5, 0.6) is 0 Å². The third-order valence-electron chi connectivity index (χ3n) is 6.07. The molecule has 5 rings (SSSR count). The summed E-state index contributed by atoms with van der Waals surface area (Å²) in [6.07, 6.45) is 6.37. The standard InChI is InChI=1S/C26H29N7O/c1-26(2,27)11-14-30-25(34)31-17-8-9-18-19(10-13-29-21(18)16-17)23-22-7-5-15-33(22)32-24(23)20-6-3-4-12-28-20/h3-4,6,8-10,12-13,16H,5,7,11,14-15,27H2,1-2H3,(H2,30,31,34). The van der Waals surface area contributed by atoms with Gasteiger partial charge < -0.3 is 16.4 Å². The first-order valence-electron chi connectivity index (χ1n) is 11.6. The number of carbonyl (C=O) groups excluding carboxylic acids is 1. The molecule has 0 aliphatic carbocycles. The zero-order valence-electron chi connectivity index (χ0n) is 19.5. The molecule has 0 radical (unpaired) electrons. The Labute approximate surface area is 198 Å². The fourth-order valence-corrected chi connectivity index (χ4v) is 4.41. The maximum Gasteiger partial charge on any atom is 0.319 e. The lowest BCUT2D eigenvalue weighted by Crippen LogP contribution is -2.38. The van der Waals surface area contributed by atoms with Gasteiger partial charge in [-0.15, -0.1) is 0 Å². The molecule has 1 aliphatic heterocycles. The van der Waals surface area contributed by atoms with E-state index in [1.54, 1.807) is 6.20 Å². The summed E-state index contributed by atoms with van der Waals surface area (Å²) in [5, 5.41) is 11.7. The highest BCUT2D eigenvalue weighted by atomic mass is 16.2. The summed E-state index contributed by atoms with van der Waals surface area (Å²) >= 11 is 0. The van der Waals surface area contributed by atoms with Gasteiger partial charge in [-0.2, -0.15) is 5.10 Å². The topological polar surface area (TPSA) is 111 Å². The molecule has 0 spiro atoms. The summed E-state index contributed by atoms with van der Waals surface area (Å²) < 4.78 is 2.11. The van der Waals surface area contributed by atoms with Crippen LogP contribution < -0.4 is 16.4 Å². The first kappa shape index (κ1) is 22.0. The second-order valence-electron chi connectivity index (χ2n) is 9.42. The molecule has 0 saturated carbocycles. The Balaban J connectivity index is 1.47. The van der Waals surface area contributed by atoms with Gasteiger partial charge in [0.25, 0.3) is 0 Å². The number of nitrogens with two attached hydrogens (primary N) is 1. The van der Waals surface area contributed by atoms with Crippen LogP contribution >= 0.6 is 0 Å². The summed E-state index contributed by atoms with van der Waals surface area (Å²) in [6, 6.07) is 13.5. The van der Waals surface area contributed by atoms with Crippen molar-refractivity contribution in [1.29, 1.82) is 0 Å². The predicted octanol–water partition coefficient (Wildman–Crippen LogP) is 4.36. The van der Waals surface area contributed by atoms with Crippen molar-refractivity contribution in [2.75, 3.05) is 11.9 Å². The van der Waals surface area contributed by atoms with Gasteiger partial charge in [-0.3, -0.25) is 14.6 Å². The number of aryl methyl sites for hydroxylation is 1. The zero-order chi connectivity index (χ0) is 23.7. The maximum absolute atomic E-state index is 12.3. The highest BCUT2D eigenvalue weighted by Crippen LogP contribution is 2.39. The van der Waals surface area contributed by atoms with Crippen molar-refractivity contribution in [3.63, 3.8) is 0 Å². The minimum Gasteiger partial charge on any atom is -0.338 e. The second-order valence-corrected chi connectivity index (χ2v) is 9.42. The Morgan fingerprint density at radius 1 is 1.15 bits per heavy atom. The van der Waals surface area contributed by atoms with Crippen molar-refractivity contribution in [2.24, 2.45) is 5.73 Å². The molecule has 4 N–H and O–H groups in total. The van der Waals surface area contributed by atoms with Gasteiger partial charge in [0.1, 0.15) is 5.69 Å². The molecule has 1 aromatic carbocycles. The molecule has 8 nitrogen and oxygen atoms in total. The van der Waals surface area contributed by atoms with E-state index < -0.39 is 0 Å². The largest absolute Gasteiger partial charge is 0.338 e. The second kappa shape index (κ2) is 8.87. The van der Waals surface area contributed by atoms with Crippen LogP contribution in [0, 0.1) is 0 Å². The summed E-state index contributed by atoms with van der Waals surface area (Å²) in [4.78, 5) is 21.5.